The summed E-state index contributed by atoms with van der Waals surface area (Å²) in [5.74, 6) is 0.596. The number of carbonyl (C=O) groups excluding carboxylic acids is 1. The summed E-state index contributed by atoms with van der Waals surface area (Å²) in [6, 6.07) is 14.8. The minimum Gasteiger partial charge on any atom is -0.497 e. The van der Waals surface area contributed by atoms with Crippen LogP contribution in [-0.2, 0) is 30.2 Å². The predicted molar refractivity (Wildman–Crippen MR) is 131 cm³/mol. The number of methoxy groups -OCH3 is 2. The van der Waals surface area contributed by atoms with E-state index in [0.717, 1.165) is 27.8 Å². The summed E-state index contributed by atoms with van der Waals surface area (Å²) < 4.78 is 29.0. The van der Waals surface area contributed by atoms with Gasteiger partial charge in [-0.2, -0.15) is 0 Å². The first-order valence-corrected chi connectivity index (χ1v) is 12.1. The molecular formula is C27H32N2O7. The molecule has 0 spiro atoms. The highest BCUT2D eigenvalue weighted by atomic mass is 16.7. The van der Waals surface area contributed by atoms with Crippen LogP contribution in [0, 0.1) is 0 Å². The standard InChI is InChI=1S/C27H32N2O7/c1-16(30)29(12-11-18-14-28-21-10-9-19(32-2)13-20(18)21)23-24(31)27(33-3)35-22-15-34-26(36-25(22)23)17-7-5-4-6-8-17/h4-10,13-14,22-28,31H,11-12,15H2,1-3H3/t22-,23+,24+,25-,26?,27+/m1/s1. The number of amides is 1. The van der Waals surface area contributed by atoms with E-state index in [1.165, 1.54) is 14.0 Å². The molecule has 2 N–H and O–H groups in total. The average Bonchev–Trinajstić information content (AvgIpc) is 3.31. The summed E-state index contributed by atoms with van der Waals surface area (Å²) in [6.45, 7) is 2.13. The van der Waals surface area contributed by atoms with E-state index in [-0.39, 0.29) is 12.5 Å². The number of carbonyl (C=O) groups is 1. The second-order valence-electron chi connectivity index (χ2n) is 9.12. The molecule has 0 bridgehead atoms. The molecule has 2 fully saturated rings. The second kappa shape index (κ2) is 10.6. The lowest BCUT2D eigenvalue weighted by Crippen LogP contribution is -2.68. The van der Waals surface area contributed by atoms with Crippen molar-refractivity contribution in [2.24, 2.45) is 0 Å². The number of benzene rings is 2. The van der Waals surface area contributed by atoms with Crippen LogP contribution in [0.2, 0.25) is 0 Å². The number of nitrogens with one attached hydrogen (secondary N) is 1. The van der Waals surface area contributed by atoms with Crippen LogP contribution in [0.3, 0.4) is 0 Å². The van der Waals surface area contributed by atoms with Crippen LogP contribution in [0.4, 0.5) is 0 Å². The third kappa shape index (κ3) is 4.72. The quantitative estimate of drug-likeness (QED) is 0.519. The van der Waals surface area contributed by atoms with Gasteiger partial charge in [-0.25, -0.2) is 0 Å². The molecule has 3 heterocycles. The van der Waals surface area contributed by atoms with Crippen molar-refractivity contribution >= 4 is 16.8 Å². The summed E-state index contributed by atoms with van der Waals surface area (Å²) in [5, 5.41) is 12.3. The van der Waals surface area contributed by atoms with Crippen LogP contribution >= 0.6 is 0 Å². The Morgan fingerprint density at radius 2 is 1.97 bits per heavy atom. The van der Waals surface area contributed by atoms with Gasteiger partial charge in [0.15, 0.2) is 12.6 Å². The van der Waals surface area contributed by atoms with E-state index in [2.05, 4.69) is 4.98 Å². The van der Waals surface area contributed by atoms with Gasteiger partial charge in [0.2, 0.25) is 5.91 Å². The Morgan fingerprint density at radius 1 is 1.17 bits per heavy atom. The fourth-order valence-electron chi connectivity index (χ4n) is 5.16. The summed E-state index contributed by atoms with van der Waals surface area (Å²) in [7, 11) is 3.11. The molecule has 2 aliphatic rings. The van der Waals surface area contributed by atoms with Crippen LogP contribution in [0.5, 0.6) is 5.75 Å². The van der Waals surface area contributed by atoms with E-state index in [0.29, 0.717) is 13.0 Å². The molecule has 2 aromatic carbocycles. The van der Waals surface area contributed by atoms with Gasteiger partial charge in [-0.3, -0.25) is 4.79 Å². The van der Waals surface area contributed by atoms with E-state index >= 15 is 0 Å². The first-order chi connectivity index (χ1) is 17.5. The number of fused-ring (bicyclic) bond motifs is 2. The molecule has 5 rings (SSSR count). The maximum Gasteiger partial charge on any atom is 0.219 e. The predicted octanol–water partition coefficient (Wildman–Crippen LogP) is 2.78. The topological polar surface area (TPSA) is 102 Å². The zero-order chi connectivity index (χ0) is 25.2. The molecule has 2 saturated heterocycles. The molecule has 36 heavy (non-hydrogen) atoms. The SMILES string of the molecule is COc1ccc2[nH]cc(CCN(C(C)=O)[C@H]3[C@H](O)[C@@H](OC)O[C@@H]4COC(c5ccccc5)O[C@@H]34)c2c1. The fourth-order valence-corrected chi connectivity index (χ4v) is 5.16. The first kappa shape index (κ1) is 24.7. The molecule has 1 amide bonds. The number of aromatic nitrogens is 1. The highest BCUT2D eigenvalue weighted by Crippen LogP contribution is 2.36. The van der Waals surface area contributed by atoms with Crippen LogP contribution in [0.15, 0.2) is 54.7 Å². The number of H-pyrrole nitrogens is 1. The van der Waals surface area contributed by atoms with Crippen molar-refractivity contribution < 1.29 is 33.6 Å². The smallest absolute Gasteiger partial charge is 0.219 e. The van der Waals surface area contributed by atoms with Crippen molar-refractivity contribution in [2.45, 2.75) is 50.3 Å². The molecule has 6 atom stereocenters. The summed E-state index contributed by atoms with van der Waals surface area (Å²) in [5.41, 5.74) is 2.90. The lowest BCUT2D eigenvalue weighted by atomic mass is 9.93. The van der Waals surface area contributed by atoms with Gasteiger partial charge in [-0.05, 0) is 30.2 Å². The number of ether oxygens (including phenoxy) is 5. The Morgan fingerprint density at radius 3 is 2.69 bits per heavy atom. The number of aromatic amines is 1. The largest absolute Gasteiger partial charge is 0.497 e. The van der Waals surface area contributed by atoms with Crippen LogP contribution in [0.25, 0.3) is 10.9 Å². The third-order valence-electron chi connectivity index (χ3n) is 7.00. The minimum atomic E-state index is -1.10. The highest BCUT2D eigenvalue weighted by Gasteiger charge is 2.52. The number of rotatable bonds is 7. The zero-order valence-electron chi connectivity index (χ0n) is 20.6. The Kier molecular flexibility index (Phi) is 7.27. The molecule has 0 saturated carbocycles. The molecule has 9 heteroatoms. The minimum absolute atomic E-state index is 0.168. The van der Waals surface area contributed by atoms with Gasteiger partial charge >= 0.3 is 0 Å². The van der Waals surface area contributed by atoms with Crippen LogP contribution in [-0.4, -0.2) is 78.9 Å². The second-order valence-corrected chi connectivity index (χ2v) is 9.12. The van der Waals surface area contributed by atoms with Gasteiger partial charge in [-0.1, -0.05) is 30.3 Å². The molecule has 2 aliphatic heterocycles. The summed E-state index contributed by atoms with van der Waals surface area (Å²) in [6.07, 6.45) is -1.21. The van der Waals surface area contributed by atoms with Crippen molar-refractivity contribution in [3.63, 3.8) is 0 Å². The summed E-state index contributed by atoms with van der Waals surface area (Å²) in [4.78, 5) is 17.9. The Balaban J connectivity index is 1.41. The monoisotopic (exact) mass is 496 g/mol. The maximum absolute atomic E-state index is 13.0. The number of nitrogens with zero attached hydrogens (tertiary/aromatic N) is 1. The van der Waals surface area contributed by atoms with E-state index in [1.807, 2.05) is 54.7 Å². The normalized spacial score (nSPS) is 28.0. The van der Waals surface area contributed by atoms with E-state index in [4.69, 9.17) is 23.7 Å². The molecule has 3 aromatic rings. The summed E-state index contributed by atoms with van der Waals surface area (Å²) >= 11 is 0. The number of aliphatic hydroxyl groups excluding tert-OH is 1. The van der Waals surface area contributed by atoms with E-state index in [9.17, 15) is 9.90 Å². The van der Waals surface area contributed by atoms with E-state index < -0.39 is 36.9 Å². The van der Waals surface area contributed by atoms with Gasteiger partial charge in [-0.15, -0.1) is 0 Å². The Labute approximate surface area is 209 Å². The van der Waals surface area contributed by atoms with Crippen molar-refractivity contribution in [3.8, 4) is 5.75 Å². The van der Waals surface area contributed by atoms with E-state index in [1.54, 1.807) is 12.0 Å². The van der Waals surface area contributed by atoms with Gasteiger partial charge in [0.25, 0.3) is 0 Å². The maximum atomic E-state index is 13.0. The average molecular weight is 497 g/mol. The molecule has 1 aromatic heterocycles. The van der Waals surface area contributed by atoms with Crippen molar-refractivity contribution in [1.29, 1.82) is 0 Å². The molecule has 0 radical (unpaired) electrons. The molecular weight excluding hydrogens is 464 g/mol. The lowest BCUT2D eigenvalue weighted by Gasteiger charge is -2.50. The molecule has 192 valence electrons. The number of hydrogen-bond donors (Lipinski definition) is 2. The van der Waals surface area contributed by atoms with Crippen LogP contribution in [0.1, 0.15) is 24.3 Å². The van der Waals surface area contributed by atoms with Crippen LogP contribution < -0.4 is 4.74 Å². The Hall–Kier alpha value is -2.95. The number of hydrogen-bond acceptors (Lipinski definition) is 7. The molecule has 1 unspecified atom stereocenters. The Bertz CT molecular complexity index is 1180. The van der Waals surface area contributed by atoms with Gasteiger partial charge in [0, 0.05) is 43.2 Å². The van der Waals surface area contributed by atoms with Gasteiger partial charge in [0.1, 0.15) is 24.1 Å². The fraction of sp³-hybridized carbons (Fsp3) is 0.444. The van der Waals surface area contributed by atoms with Crippen molar-refractivity contribution in [3.05, 3.63) is 65.9 Å². The van der Waals surface area contributed by atoms with Gasteiger partial charge in [0.05, 0.1) is 19.8 Å². The lowest BCUT2D eigenvalue weighted by molar-refractivity contribution is -0.348. The van der Waals surface area contributed by atoms with Gasteiger partial charge < -0.3 is 38.7 Å². The third-order valence-corrected chi connectivity index (χ3v) is 7.00. The number of aliphatic hydroxyl groups is 1. The van der Waals surface area contributed by atoms with Crippen molar-refractivity contribution in [1.82, 2.24) is 9.88 Å². The first-order valence-electron chi connectivity index (χ1n) is 12.1. The van der Waals surface area contributed by atoms with Crippen molar-refractivity contribution in [2.75, 3.05) is 27.4 Å². The molecule has 0 aliphatic carbocycles. The highest BCUT2D eigenvalue weighted by molar-refractivity contribution is 5.84. The zero-order valence-corrected chi connectivity index (χ0v) is 20.6. The molecule has 9 nitrogen and oxygen atoms in total.